The van der Waals surface area contributed by atoms with E-state index < -0.39 is 18.5 Å². The summed E-state index contributed by atoms with van der Waals surface area (Å²) in [5.74, 6) is -1.71. The molecule has 0 saturated heterocycles. The largest absolute Gasteiger partial charge is 0.479 e. The molecule has 0 aromatic carbocycles. The number of amides is 1. The molecular formula is C9H11N3O4. The van der Waals surface area contributed by atoms with Crippen LogP contribution in [-0.4, -0.2) is 28.6 Å². The van der Waals surface area contributed by atoms with E-state index in [0.717, 1.165) is 0 Å². The lowest BCUT2D eigenvalue weighted by molar-refractivity contribution is -0.141. The normalized spacial score (nSPS) is 9.81. The predicted octanol–water partition coefficient (Wildman–Crippen LogP) is -0.0830. The van der Waals surface area contributed by atoms with E-state index >= 15 is 0 Å². The lowest BCUT2D eigenvalue weighted by Crippen LogP contribution is -2.18. The Balaban J connectivity index is 2.80. The number of primary amides is 1. The predicted molar refractivity (Wildman–Crippen MR) is 54.7 cm³/mol. The molecular weight excluding hydrogens is 214 g/mol. The Morgan fingerprint density at radius 3 is 2.81 bits per heavy atom. The van der Waals surface area contributed by atoms with Crippen LogP contribution in [0.4, 0.5) is 5.82 Å². The highest BCUT2D eigenvalue weighted by molar-refractivity contribution is 5.97. The minimum Gasteiger partial charge on any atom is -0.479 e. The number of hydrogen-bond donors (Lipinski definition) is 3. The molecule has 1 amide bonds. The maximum Gasteiger partial charge on any atom is 0.332 e. The fraction of sp³-hybridized carbons (Fsp3) is 0.222. The minimum absolute atomic E-state index is 0.105. The van der Waals surface area contributed by atoms with Gasteiger partial charge in [0.25, 0.3) is 5.91 Å². The smallest absolute Gasteiger partial charge is 0.332 e. The number of nitrogens with one attached hydrogen (secondary N) is 1. The number of nitrogens with zero attached hydrogens (tertiary/aromatic N) is 1. The van der Waals surface area contributed by atoms with Crippen molar-refractivity contribution >= 4 is 17.7 Å². The molecule has 0 aliphatic carbocycles. The van der Waals surface area contributed by atoms with E-state index in [4.69, 9.17) is 10.8 Å². The summed E-state index contributed by atoms with van der Waals surface area (Å²) in [6.45, 7) is 1.17. The van der Waals surface area contributed by atoms with Gasteiger partial charge in [0.1, 0.15) is 0 Å². The van der Waals surface area contributed by atoms with Gasteiger partial charge in [-0.1, -0.05) is 0 Å². The Bertz CT molecular complexity index is 419. The maximum atomic E-state index is 11.0. The molecule has 1 rings (SSSR count). The molecule has 0 radical (unpaired) electrons. The molecule has 86 valence electrons. The Kier molecular flexibility index (Phi) is 3.78. The van der Waals surface area contributed by atoms with Gasteiger partial charge in [-0.3, -0.25) is 9.63 Å². The molecule has 0 spiro atoms. The third-order valence-corrected chi connectivity index (χ3v) is 1.66. The lowest BCUT2D eigenvalue weighted by atomic mass is 10.2. The number of carboxylic acid groups (broad SMARTS) is 1. The van der Waals surface area contributed by atoms with Gasteiger partial charge < -0.3 is 10.8 Å². The summed E-state index contributed by atoms with van der Waals surface area (Å²) < 4.78 is 0. The molecule has 1 aromatic heterocycles. The Hall–Kier alpha value is -2.15. The van der Waals surface area contributed by atoms with Crippen LogP contribution < -0.4 is 11.2 Å². The topological polar surface area (TPSA) is 115 Å². The molecule has 0 aliphatic heterocycles. The molecule has 1 heterocycles. The maximum absolute atomic E-state index is 11.0. The fourth-order valence-electron chi connectivity index (χ4n) is 1.000. The fourth-order valence-corrected chi connectivity index (χ4v) is 1.000. The summed E-state index contributed by atoms with van der Waals surface area (Å²) in [7, 11) is 0. The van der Waals surface area contributed by atoms with Crippen LogP contribution in [0, 0.1) is 6.92 Å². The number of aryl methyl sites for hydroxylation is 1. The van der Waals surface area contributed by atoms with E-state index in [2.05, 4.69) is 15.3 Å². The van der Waals surface area contributed by atoms with Crippen molar-refractivity contribution in [2.75, 3.05) is 12.1 Å². The molecule has 7 heteroatoms. The first kappa shape index (κ1) is 11.9. The van der Waals surface area contributed by atoms with Gasteiger partial charge in [-0.25, -0.2) is 15.3 Å². The first-order valence-corrected chi connectivity index (χ1v) is 4.37. The lowest BCUT2D eigenvalue weighted by Gasteiger charge is -2.08. The third-order valence-electron chi connectivity index (χ3n) is 1.66. The molecule has 0 aliphatic rings. The number of anilines is 1. The first-order valence-electron chi connectivity index (χ1n) is 4.37. The zero-order chi connectivity index (χ0) is 12.1. The van der Waals surface area contributed by atoms with Gasteiger partial charge in [0.15, 0.2) is 12.4 Å². The van der Waals surface area contributed by atoms with E-state index in [1.807, 2.05) is 0 Å². The highest BCUT2D eigenvalue weighted by Gasteiger charge is 2.10. The van der Waals surface area contributed by atoms with Crippen molar-refractivity contribution < 1.29 is 19.5 Å². The van der Waals surface area contributed by atoms with E-state index in [9.17, 15) is 9.59 Å². The first-order chi connectivity index (χ1) is 7.50. The number of carboxylic acids is 1. The van der Waals surface area contributed by atoms with E-state index in [1.54, 1.807) is 13.0 Å². The Labute approximate surface area is 91.2 Å². The average molecular weight is 225 g/mol. The molecule has 0 fully saturated rings. The zero-order valence-corrected chi connectivity index (χ0v) is 8.56. The van der Waals surface area contributed by atoms with Crippen molar-refractivity contribution in [2.24, 2.45) is 5.73 Å². The van der Waals surface area contributed by atoms with Crippen LogP contribution in [0.1, 0.15) is 16.1 Å². The van der Waals surface area contributed by atoms with E-state index in [-0.39, 0.29) is 11.4 Å². The number of carbonyl (C=O) groups excluding carboxylic acids is 1. The molecule has 1 aromatic rings. The van der Waals surface area contributed by atoms with Crippen LogP contribution in [0.5, 0.6) is 0 Å². The molecule has 0 atom stereocenters. The summed E-state index contributed by atoms with van der Waals surface area (Å²) in [6, 6.07) is 3.10. The summed E-state index contributed by atoms with van der Waals surface area (Å²) in [6.07, 6.45) is 0. The van der Waals surface area contributed by atoms with Crippen molar-refractivity contribution in [2.45, 2.75) is 6.92 Å². The second-order valence-corrected chi connectivity index (χ2v) is 3.00. The monoisotopic (exact) mass is 225 g/mol. The quantitative estimate of drug-likeness (QED) is 0.603. The number of hydrogen-bond acceptors (Lipinski definition) is 5. The van der Waals surface area contributed by atoms with E-state index in [1.165, 1.54) is 6.07 Å². The van der Waals surface area contributed by atoms with Crippen molar-refractivity contribution in [3.05, 3.63) is 23.4 Å². The summed E-state index contributed by atoms with van der Waals surface area (Å²) in [5.41, 5.74) is 8.16. The van der Waals surface area contributed by atoms with E-state index in [0.29, 0.717) is 5.69 Å². The van der Waals surface area contributed by atoms with Crippen LogP contribution >= 0.6 is 0 Å². The van der Waals surface area contributed by atoms with Crippen molar-refractivity contribution in [1.82, 2.24) is 4.98 Å². The number of aromatic nitrogens is 1. The highest BCUT2D eigenvalue weighted by Crippen LogP contribution is 2.12. The van der Waals surface area contributed by atoms with Crippen LogP contribution in [0.2, 0.25) is 0 Å². The number of pyridine rings is 1. The minimum atomic E-state index is -1.14. The number of rotatable bonds is 5. The van der Waals surface area contributed by atoms with Gasteiger partial charge in [0, 0.05) is 5.69 Å². The second-order valence-electron chi connectivity index (χ2n) is 3.00. The van der Waals surface area contributed by atoms with Crippen LogP contribution in [0.15, 0.2) is 12.1 Å². The number of aliphatic carboxylic acids is 1. The Morgan fingerprint density at radius 1 is 1.56 bits per heavy atom. The molecule has 7 nitrogen and oxygen atoms in total. The third kappa shape index (κ3) is 3.21. The van der Waals surface area contributed by atoms with Gasteiger partial charge in [0.05, 0.1) is 5.56 Å². The van der Waals surface area contributed by atoms with Gasteiger partial charge in [-0.2, -0.15) is 0 Å². The van der Waals surface area contributed by atoms with Crippen molar-refractivity contribution in [1.29, 1.82) is 0 Å². The summed E-state index contributed by atoms with van der Waals surface area (Å²) in [5, 5.41) is 8.35. The summed E-state index contributed by atoms with van der Waals surface area (Å²) >= 11 is 0. The van der Waals surface area contributed by atoms with Crippen LogP contribution in [0.25, 0.3) is 0 Å². The number of nitrogens with two attached hydrogens (primary N) is 1. The molecule has 0 bridgehead atoms. The van der Waals surface area contributed by atoms with Gasteiger partial charge in [-0.15, -0.1) is 0 Å². The van der Waals surface area contributed by atoms with Crippen molar-refractivity contribution in [3.8, 4) is 0 Å². The molecule has 4 N–H and O–H groups in total. The molecule has 16 heavy (non-hydrogen) atoms. The standard InChI is InChI=1S/C9H11N3O4/c1-5-2-3-6(8(10)15)9(11-5)12-16-4-7(13)14/h2-3H,4H2,1H3,(H2,10,15)(H,11,12)(H,13,14). The van der Waals surface area contributed by atoms with Crippen LogP contribution in [0.3, 0.4) is 0 Å². The number of carbonyl (C=O) groups is 2. The molecule has 0 saturated carbocycles. The second kappa shape index (κ2) is 5.08. The van der Waals surface area contributed by atoms with Crippen LogP contribution in [-0.2, 0) is 9.63 Å². The van der Waals surface area contributed by atoms with Gasteiger partial charge in [-0.05, 0) is 19.1 Å². The Morgan fingerprint density at radius 2 is 2.25 bits per heavy atom. The SMILES string of the molecule is Cc1ccc(C(N)=O)c(NOCC(=O)O)n1. The molecule has 0 unspecified atom stereocenters. The average Bonchev–Trinajstić information content (AvgIpc) is 2.16. The summed E-state index contributed by atoms with van der Waals surface area (Å²) in [4.78, 5) is 29.8. The van der Waals surface area contributed by atoms with Gasteiger partial charge >= 0.3 is 5.97 Å². The highest BCUT2D eigenvalue weighted by atomic mass is 16.7. The van der Waals surface area contributed by atoms with Crippen molar-refractivity contribution in [3.63, 3.8) is 0 Å². The zero-order valence-electron chi connectivity index (χ0n) is 8.56. The van der Waals surface area contributed by atoms with Gasteiger partial charge in [0.2, 0.25) is 0 Å².